The molecule has 0 aliphatic carbocycles. The van der Waals surface area contributed by atoms with Gasteiger partial charge in [0.1, 0.15) is 11.5 Å². The predicted octanol–water partition coefficient (Wildman–Crippen LogP) is 7.38. The monoisotopic (exact) mass is 525 g/mol. The fourth-order valence-corrected chi connectivity index (χ4v) is 4.17. The number of unbranched alkanes of at least 4 members (excludes halogenated alkanes) is 1. The van der Waals surface area contributed by atoms with Crippen molar-refractivity contribution in [1.82, 2.24) is 15.1 Å². The van der Waals surface area contributed by atoms with Crippen LogP contribution in [0.2, 0.25) is 0 Å². The summed E-state index contributed by atoms with van der Waals surface area (Å²) in [6.45, 7) is 10.3. The van der Waals surface area contributed by atoms with Gasteiger partial charge in [-0.3, -0.25) is 4.79 Å². The highest BCUT2D eigenvalue weighted by Crippen LogP contribution is 2.29. The number of aryl methyl sites for hydroxylation is 1. The molecule has 0 aliphatic heterocycles. The summed E-state index contributed by atoms with van der Waals surface area (Å²) in [5.74, 6) is 2.12. The van der Waals surface area contributed by atoms with Crippen molar-refractivity contribution in [3.63, 3.8) is 0 Å². The summed E-state index contributed by atoms with van der Waals surface area (Å²) in [6, 6.07) is 23.4. The predicted molar refractivity (Wildman–Crippen MR) is 157 cm³/mol. The molecule has 1 aromatic heterocycles. The Kier molecular flexibility index (Phi) is 9.79. The molecule has 204 valence electrons. The molecular formula is C33H39N3O3. The molecule has 1 N–H and O–H groups in total. The molecule has 0 bridgehead atoms. The summed E-state index contributed by atoms with van der Waals surface area (Å²) < 4.78 is 13.6. The van der Waals surface area contributed by atoms with Gasteiger partial charge >= 0.3 is 0 Å². The van der Waals surface area contributed by atoms with Crippen LogP contribution in [0.5, 0.6) is 11.5 Å². The van der Waals surface area contributed by atoms with Crippen LogP contribution in [0, 0.1) is 12.8 Å². The second-order valence-electron chi connectivity index (χ2n) is 10.2. The minimum absolute atomic E-state index is 0.140. The topological polar surface area (TPSA) is 65.4 Å². The maximum absolute atomic E-state index is 13.0. The molecule has 1 amide bonds. The van der Waals surface area contributed by atoms with Gasteiger partial charge in [-0.05, 0) is 85.8 Å². The normalized spacial score (nSPS) is 11.0. The minimum atomic E-state index is -0.140. The molecule has 4 rings (SSSR count). The van der Waals surface area contributed by atoms with Crippen molar-refractivity contribution in [3.05, 3.63) is 95.7 Å². The van der Waals surface area contributed by atoms with Crippen molar-refractivity contribution in [2.75, 3.05) is 13.2 Å². The van der Waals surface area contributed by atoms with E-state index in [1.54, 1.807) is 12.1 Å². The first kappa shape index (κ1) is 28.0. The zero-order valence-corrected chi connectivity index (χ0v) is 23.4. The first-order valence-electron chi connectivity index (χ1n) is 13.8. The molecule has 3 aromatic carbocycles. The maximum Gasteiger partial charge on any atom is 0.251 e. The highest BCUT2D eigenvalue weighted by atomic mass is 16.5. The smallest absolute Gasteiger partial charge is 0.251 e. The quantitative estimate of drug-likeness (QED) is 0.185. The van der Waals surface area contributed by atoms with Crippen molar-refractivity contribution in [2.45, 2.75) is 53.5 Å². The average Bonchev–Trinajstić information content (AvgIpc) is 3.38. The van der Waals surface area contributed by atoms with E-state index in [9.17, 15) is 4.79 Å². The summed E-state index contributed by atoms with van der Waals surface area (Å²) in [4.78, 5) is 13.0. The van der Waals surface area contributed by atoms with E-state index in [-0.39, 0.29) is 5.91 Å². The van der Waals surface area contributed by atoms with Crippen molar-refractivity contribution >= 4 is 5.91 Å². The number of carbonyl (C=O) groups excluding carboxylic acids is 1. The maximum atomic E-state index is 13.0. The third-order valence-corrected chi connectivity index (χ3v) is 6.53. The van der Waals surface area contributed by atoms with Crippen molar-refractivity contribution < 1.29 is 14.3 Å². The molecule has 6 nitrogen and oxygen atoms in total. The number of para-hydroxylation sites is 1. The Hall–Kier alpha value is -4.06. The van der Waals surface area contributed by atoms with Crippen molar-refractivity contribution in [1.29, 1.82) is 0 Å². The number of aromatic nitrogens is 2. The Labute approximate surface area is 232 Å². The number of nitrogens with one attached hydrogen (secondary N) is 1. The van der Waals surface area contributed by atoms with Gasteiger partial charge in [0.15, 0.2) is 0 Å². The van der Waals surface area contributed by atoms with Crippen LogP contribution in [0.1, 0.15) is 61.5 Å². The molecule has 0 atom stereocenters. The molecule has 1 heterocycles. The number of carbonyl (C=O) groups is 1. The lowest BCUT2D eigenvalue weighted by Gasteiger charge is -2.12. The van der Waals surface area contributed by atoms with E-state index in [1.807, 2.05) is 65.5 Å². The highest BCUT2D eigenvalue weighted by molar-refractivity contribution is 5.94. The van der Waals surface area contributed by atoms with E-state index in [2.05, 4.69) is 39.1 Å². The third-order valence-electron chi connectivity index (χ3n) is 6.53. The summed E-state index contributed by atoms with van der Waals surface area (Å²) in [5.41, 5.74) is 5.35. The molecule has 0 fully saturated rings. The van der Waals surface area contributed by atoms with Gasteiger partial charge in [-0.25, -0.2) is 4.68 Å². The number of rotatable bonds is 13. The largest absolute Gasteiger partial charge is 0.494 e. The van der Waals surface area contributed by atoms with Crippen LogP contribution in [0.15, 0.2) is 79.0 Å². The fourth-order valence-electron chi connectivity index (χ4n) is 4.17. The summed E-state index contributed by atoms with van der Waals surface area (Å²) in [5, 5.41) is 7.98. The second-order valence-corrected chi connectivity index (χ2v) is 10.2. The number of nitrogens with zero attached hydrogens (tertiary/aromatic N) is 2. The van der Waals surface area contributed by atoms with Gasteiger partial charge in [0.25, 0.3) is 5.91 Å². The molecule has 0 saturated carbocycles. The third kappa shape index (κ3) is 7.73. The Balaban J connectivity index is 1.52. The molecule has 0 saturated heterocycles. The number of benzene rings is 3. The van der Waals surface area contributed by atoms with E-state index in [4.69, 9.17) is 14.6 Å². The summed E-state index contributed by atoms with van der Waals surface area (Å²) >= 11 is 0. The lowest BCUT2D eigenvalue weighted by molar-refractivity contribution is 0.0951. The Bertz CT molecular complexity index is 1340. The molecule has 0 spiro atoms. The van der Waals surface area contributed by atoms with Crippen LogP contribution < -0.4 is 14.8 Å². The van der Waals surface area contributed by atoms with E-state index < -0.39 is 0 Å². The molecule has 0 aliphatic rings. The first-order valence-corrected chi connectivity index (χ1v) is 13.8. The number of hydrogen-bond acceptors (Lipinski definition) is 4. The number of ether oxygens (including phenoxy) is 2. The van der Waals surface area contributed by atoms with E-state index in [0.717, 1.165) is 58.8 Å². The Morgan fingerprint density at radius 1 is 0.974 bits per heavy atom. The van der Waals surface area contributed by atoms with Crippen molar-refractivity contribution in [3.8, 4) is 28.4 Å². The number of hydrogen-bond donors (Lipinski definition) is 1. The van der Waals surface area contributed by atoms with E-state index in [1.165, 1.54) is 0 Å². The van der Waals surface area contributed by atoms with Gasteiger partial charge in [-0.2, -0.15) is 5.10 Å². The van der Waals surface area contributed by atoms with Crippen LogP contribution in [0.25, 0.3) is 16.9 Å². The standard InChI is InChI=1S/C33H39N3O3/c1-5-6-19-38-30-15-12-26(13-16-30)33(37)34-22-28-23-36(29-10-8-7-9-11-29)35-32(28)27-14-17-31(25(4)21-27)39-20-18-24(2)3/h7-17,21,23-24H,5-6,18-20,22H2,1-4H3,(H,34,37). The zero-order chi connectivity index (χ0) is 27.6. The second kappa shape index (κ2) is 13.7. The number of amides is 1. The molecule has 0 radical (unpaired) electrons. The first-order chi connectivity index (χ1) is 18.9. The Morgan fingerprint density at radius 3 is 2.44 bits per heavy atom. The van der Waals surface area contributed by atoms with Crippen LogP contribution in [0.3, 0.4) is 0 Å². The van der Waals surface area contributed by atoms with Crippen LogP contribution in [0.4, 0.5) is 0 Å². The molecule has 4 aromatic rings. The molecule has 0 unspecified atom stereocenters. The van der Waals surface area contributed by atoms with Gasteiger partial charge in [-0.15, -0.1) is 0 Å². The Morgan fingerprint density at radius 2 is 1.74 bits per heavy atom. The summed E-state index contributed by atoms with van der Waals surface area (Å²) in [6.07, 6.45) is 5.09. The zero-order valence-electron chi connectivity index (χ0n) is 23.4. The highest BCUT2D eigenvalue weighted by Gasteiger charge is 2.15. The fraction of sp³-hybridized carbons (Fsp3) is 0.333. The van der Waals surface area contributed by atoms with Crippen molar-refractivity contribution in [2.24, 2.45) is 5.92 Å². The molecule has 39 heavy (non-hydrogen) atoms. The lowest BCUT2D eigenvalue weighted by Crippen LogP contribution is -2.22. The van der Waals surface area contributed by atoms with Crippen LogP contribution in [-0.4, -0.2) is 28.9 Å². The van der Waals surface area contributed by atoms with Gasteiger partial charge in [0.05, 0.1) is 24.6 Å². The van der Waals surface area contributed by atoms with Gasteiger partial charge in [0, 0.05) is 29.4 Å². The van der Waals surface area contributed by atoms with Crippen LogP contribution >= 0.6 is 0 Å². The van der Waals surface area contributed by atoms with Gasteiger partial charge in [-0.1, -0.05) is 45.4 Å². The molecule has 6 heteroatoms. The van der Waals surface area contributed by atoms with E-state index in [0.29, 0.717) is 31.2 Å². The molecular weight excluding hydrogens is 486 g/mol. The van der Waals surface area contributed by atoms with E-state index >= 15 is 0 Å². The van der Waals surface area contributed by atoms with Gasteiger partial charge < -0.3 is 14.8 Å². The minimum Gasteiger partial charge on any atom is -0.494 e. The van der Waals surface area contributed by atoms with Crippen LogP contribution in [-0.2, 0) is 6.54 Å². The average molecular weight is 526 g/mol. The summed E-state index contributed by atoms with van der Waals surface area (Å²) in [7, 11) is 0. The lowest BCUT2D eigenvalue weighted by atomic mass is 10.0. The SMILES string of the molecule is CCCCOc1ccc(C(=O)NCc2cn(-c3ccccc3)nc2-c2ccc(OCCC(C)C)c(C)c2)cc1. The van der Waals surface area contributed by atoms with Gasteiger partial charge in [0.2, 0.25) is 0 Å².